The minimum absolute atomic E-state index is 0.122. The molecule has 0 amide bonds. The zero-order valence-electron chi connectivity index (χ0n) is 9.97. The van der Waals surface area contributed by atoms with Gasteiger partial charge in [0.25, 0.3) is 10.0 Å². The second-order valence-corrected chi connectivity index (χ2v) is 6.49. The topological polar surface area (TPSA) is 85.3 Å². The van der Waals surface area contributed by atoms with Gasteiger partial charge in [0.2, 0.25) is 5.09 Å². The van der Waals surface area contributed by atoms with E-state index in [2.05, 4.69) is 20.7 Å². The van der Waals surface area contributed by atoms with Gasteiger partial charge in [0.15, 0.2) is 0 Å². The third kappa shape index (κ3) is 3.66. The van der Waals surface area contributed by atoms with Gasteiger partial charge in [-0.2, -0.15) is 0 Å². The molecule has 0 bridgehead atoms. The van der Waals surface area contributed by atoms with Crippen LogP contribution in [0.1, 0.15) is 11.3 Å². The number of furan rings is 1. The molecule has 1 heterocycles. The summed E-state index contributed by atoms with van der Waals surface area (Å²) in [6.45, 7) is 0.363. The lowest BCUT2D eigenvalue weighted by molar-refractivity contribution is 0.413. The first kappa shape index (κ1) is 14.3. The van der Waals surface area contributed by atoms with Crippen LogP contribution in [0.15, 0.2) is 50.4 Å². The van der Waals surface area contributed by atoms with Crippen molar-refractivity contribution in [3.63, 3.8) is 0 Å². The fourth-order valence-electron chi connectivity index (χ4n) is 1.51. The van der Waals surface area contributed by atoms with Crippen LogP contribution in [0.4, 0.5) is 0 Å². The summed E-state index contributed by atoms with van der Waals surface area (Å²) in [5.41, 5.74) is 6.22. The van der Waals surface area contributed by atoms with Gasteiger partial charge in [-0.15, -0.1) is 0 Å². The monoisotopic (exact) mass is 344 g/mol. The molecule has 0 spiro atoms. The summed E-state index contributed by atoms with van der Waals surface area (Å²) in [6.07, 6.45) is 0. The first-order valence-corrected chi connectivity index (χ1v) is 7.82. The van der Waals surface area contributed by atoms with E-state index in [0.29, 0.717) is 5.76 Å². The Morgan fingerprint density at radius 2 is 2.05 bits per heavy atom. The number of benzene rings is 1. The van der Waals surface area contributed by atoms with Crippen LogP contribution in [0.5, 0.6) is 0 Å². The Morgan fingerprint density at radius 3 is 2.68 bits per heavy atom. The van der Waals surface area contributed by atoms with Crippen LogP contribution in [-0.2, 0) is 23.1 Å². The Kier molecular flexibility index (Phi) is 4.41. The van der Waals surface area contributed by atoms with E-state index in [0.717, 1.165) is 10.0 Å². The Labute approximate surface area is 120 Å². The Balaban J connectivity index is 2.09. The fraction of sp³-hybridized carbons (Fsp3) is 0.167. The predicted molar refractivity (Wildman–Crippen MR) is 74.8 cm³/mol. The van der Waals surface area contributed by atoms with Gasteiger partial charge >= 0.3 is 0 Å². The van der Waals surface area contributed by atoms with E-state index in [1.54, 1.807) is 6.07 Å². The van der Waals surface area contributed by atoms with Crippen molar-refractivity contribution in [1.29, 1.82) is 0 Å². The molecule has 0 fully saturated rings. The van der Waals surface area contributed by atoms with Crippen LogP contribution < -0.4 is 10.5 Å². The Bertz CT molecular complexity index is 667. The second-order valence-electron chi connectivity index (χ2n) is 3.88. The van der Waals surface area contributed by atoms with E-state index in [4.69, 9.17) is 10.2 Å². The van der Waals surface area contributed by atoms with Gasteiger partial charge in [-0.3, -0.25) is 0 Å². The number of halogens is 1. The summed E-state index contributed by atoms with van der Waals surface area (Å²) in [6, 6.07) is 10.3. The maximum Gasteiger partial charge on any atom is 0.274 e. The first-order valence-electron chi connectivity index (χ1n) is 5.54. The van der Waals surface area contributed by atoms with Crippen molar-refractivity contribution in [2.75, 3.05) is 0 Å². The van der Waals surface area contributed by atoms with Gasteiger partial charge in [0.05, 0.1) is 6.54 Å². The maximum absolute atomic E-state index is 12.0. The average Bonchev–Trinajstić information content (AvgIpc) is 2.86. The predicted octanol–water partition coefficient (Wildman–Crippen LogP) is 1.98. The number of hydrogen-bond donors (Lipinski definition) is 2. The lowest BCUT2D eigenvalue weighted by Crippen LogP contribution is -2.22. The number of sulfonamides is 1. The molecule has 0 aliphatic carbocycles. The highest BCUT2D eigenvalue weighted by molar-refractivity contribution is 9.10. The molecular formula is C12H13BrN2O3S. The van der Waals surface area contributed by atoms with Gasteiger partial charge in [-0.1, -0.05) is 28.1 Å². The van der Waals surface area contributed by atoms with Crippen molar-refractivity contribution in [1.82, 2.24) is 4.72 Å². The molecule has 102 valence electrons. The molecule has 0 saturated heterocycles. The molecule has 19 heavy (non-hydrogen) atoms. The summed E-state index contributed by atoms with van der Waals surface area (Å²) in [5.74, 6) is 0.433. The van der Waals surface area contributed by atoms with E-state index in [9.17, 15) is 8.42 Å². The van der Waals surface area contributed by atoms with Crippen molar-refractivity contribution < 1.29 is 12.8 Å². The van der Waals surface area contributed by atoms with E-state index in [1.165, 1.54) is 6.07 Å². The molecule has 7 heteroatoms. The van der Waals surface area contributed by atoms with Crippen LogP contribution in [0.2, 0.25) is 0 Å². The summed E-state index contributed by atoms with van der Waals surface area (Å²) in [7, 11) is -3.65. The van der Waals surface area contributed by atoms with Gasteiger partial charge in [-0.05, 0) is 29.8 Å². The van der Waals surface area contributed by atoms with Crippen molar-refractivity contribution in [2.24, 2.45) is 5.73 Å². The summed E-state index contributed by atoms with van der Waals surface area (Å²) >= 11 is 3.33. The third-order valence-electron chi connectivity index (χ3n) is 2.46. The largest absolute Gasteiger partial charge is 0.447 e. The molecule has 2 aromatic rings. The van der Waals surface area contributed by atoms with Crippen LogP contribution in [-0.4, -0.2) is 8.42 Å². The van der Waals surface area contributed by atoms with Crippen molar-refractivity contribution in [3.8, 4) is 0 Å². The van der Waals surface area contributed by atoms with E-state index in [-0.39, 0.29) is 18.2 Å². The van der Waals surface area contributed by atoms with Crippen molar-refractivity contribution in [3.05, 3.63) is 52.2 Å². The molecule has 3 N–H and O–H groups in total. The van der Waals surface area contributed by atoms with Crippen molar-refractivity contribution >= 4 is 26.0 Å². The lowest BCUT2D eigenvalue weighted by Gasteiger charge is -2.04. The highest BCUT2D eigenvalue weighted by Crippen LogP contribution is 2.15. The average molecular weight is 345 g/mol. The summed E-state index contributed by atoms with van der Waals surface area (Å²) < 4.78 is 32.4. The van der Waals surface area contributed by atoms with Crippen LogP contribution in [0.3, 0.4) is 0 Å². The minimum Gasteiger partial charge on any atom is -0.447 e. The Hall–Kier alpha value is -1.15. The molecule has 0 aliphatic rings. The zero-order valence-corrected chi connectivity index (χ0v) is 12.4. The maximum atomic E-state index is 12.0. The minimum atomic E-state index is -3.65. The van der Waals surface area contributed by atoms with E-state index < -0.39 is 10.0 Å². The molecule has 0 atom stereocenters. The van der Waals surface area contributed by atoms with Crippen LogP contribution in [0, 0.1) is 0 Å². The molecule has 5 nitrogen and oxygen atoms in total. The molecule has 0 aliphatic heterocycles. The zero-order chi connectivity index (χ0) is 13.9. The highest BCUT2D eigenvalue weighted by Gasteiger charge is 2.18. The molecule has 0 unspecified atom stereocenters. The quantitative estimate of drug-likeness (QED) is 0.868. The Morgan fingerprint density at radius 1 is 1.26 bits per heavy atom. The van der Waals surface area contributed by atoms with Gasteiger partial charge in [0, 0.05) is 11.0 Å². The fourth-order valence-corrected chi connectivity index (χ4v) is 2.92. The number of nitrogens with one attached hydrogen (secondary N) is 1. The van der Waals surface area contributed by atoms with Crippen molar-refractivity contribution in [2.45, 2.75) is 18.2 Å². The lowest BCUT2D eigenvalue weighted by atomic mass is 10.2. The smallest absolute Gasteiger partial charge is 0.274 e. The number of nitrogens with two attached hydrogens (primary N) is 1. The van der Waals surface area contributed by atoms with Crippen LogP contribution in [0.25, 0.3) is 0 Å². The summed E-state index contributed by atoms with van der Waals surface area (Å²) in [4.78, 5) is 0. The van der Waals surface area contributed by atoms with Gasteiger partial charge in [-0.25, -0.2) is 13.1 Å². The second kappa shape index (κ2) is 5.87. The molecule has 1 aromatic heterocycles. The van der Waals surface area contributed by atoms with E-state index >= 15 is 0 Å². The molecule has 2 rings (SSSR count). The molecule has 0 saturated carbocycles. The standard InChI is InChI=1S/C12H13BrN2O3S/c13-10-3-1-2-9(6-10)8-15-19(16,17)12-5-4-11(7-14)18-12/h1-6,15H,7-8,14H2. The SMILES string of the molecule is NCc1ccc(S(=O)(=O)NCc2cccc(Br)c2)o1. The third-order valence-corrected chi connectivity index (χ3v) is 4.23. The normalized spacial score (nSPS) is 11.7. The van der Waals surface area contributed by atoms with Gasteiger partial charge in [0.1, 0.15) is 5.76 Å². The van der Waals surface area contributed by atoms with E-state index in [1.807, 2.05) is 24.3 Å². The molecular weight excluding hydrogens is 332 g/mol. The molecule has 1 aromatic carbocycles. The highest BCUT2D eigenvalue weighted by atomic mass is 79.9. The molecule has 0 radical (unpaired) electrons. The summed E-state index contributed by atoms with van der Waals surface area (Å²) in [5, 5.41) is -0.122. The number of hydrogen-bond acceptors (Lipinski definition) is 4. The number of rotatable bonds is 5. The van der Waals surface area contributed by atoms with Crippen LogP contribution >= 0.6 is 15.9 Å². The first-order chi connectivity index (χ1) is 9.01. The van der Waals surface area contributed by atoms with Gasteiger partial charge < -0.3 is 10.2 Å².